The van der Waals surface area contributed by atoms with Crippen LogP contribution in [-0.2, 0) is 14.3 Å². The highest BCUT2D eigenvalue weighted by molar-refractivity contribution is 8.01. The number of alkyl carbamates (subject to hydrolysis) is 1. The molecule has 2 aromatic rings. The van der Waals surface area contributed by atoms with Gasteiger partial charge in [-0.2, -0.15) is 0 Å². The highest BCUT2D eigenvalue weighted by atomic mass is 32.2. The molecule has 7 N–H and O–H groups in total. The van der Waals surface area contributed by atoms with E-state index in [1.807, 2.05) is 6.92 Å². The minimum Gasteiger partial charge on any atom is -0.480 e. The van der Waals surface area contributed by atoms with Crippen molar-refractivity contribution in [3.63, 3.8) is 0 Å². The van der Waals surface area contributed by atoms with Crippen molar-refractivity contribution in [2.24, 2.45) is 11.5 Å². The second-order valence-corrected chi connectivity index (χ2v) is 8.79. The zero-order valence-electron chi connectivity index (χ0n) is 17.2. The number of nitrogen functional groups attached to an aromatic ring is 1. The van der Waals surface area contributed by atoms with Crippen molar-refractivity contribution in [3.8, 4) is 10.6 Å². The van der Waals surface area contributed by atoms with Gasteiger partial charge in [-0.15, -0.1) is 10.2 Å². The summed E-state index contributed by atoms with van der Waals surface area (Å²) in [4.78, 5) is 35.6. The van der Waals surface area contributed by atoms with Crippen LogP contribution in [0.4, 0.5) is 4.79 Å². The van der Waals surface area contributed by atoms with Gasteiger partial charge in [0.15, 0.2) is 16.2 Å². The number of aromatic nitrogens is 2. The monoisotopic (exact) mass is 480 g/mol. The lowest BCUT2D eigenvalue weighted by Crippen LogP contribution is -2.56. The maximum Gasteiger partial charge on any atom is 0.407 e. The average Bonchev–Trinajstić information content (AvgIpc) is 3.24. The number of ketones is 1. The van der Waals surface area contributed by atoms with Crippen molar-refractivity contribution in [1.29, 1.82) is 5.41 Å². The lowest BCUT2D eigenvalue weighted by Gasteiger charge is -2.19. The highest BCUT2D eigenvalue weighted by Crippen LogP contribution is 2.29. The minimum atomic E-state index is -1.61. The number of carboxylic acid groups (broad SMARTS) is 1. The van der Waals surface area contributed by atoms with E-state index in [2.05, 4.69) is 15.5 Å². The number of rotatable bonds is 12. The molecule has 0 aliphatic heterocycles. The Morgan fingerprint density at radius 1 is 1.28 bits per heavy atom. The van der Waals surface area contributed by atoms with Gasteiger partial charge in [0.05, 0.1) is 18.4 Å². The van der Waals surface area contributed by atoms with Gasteiger partial charge < -0.3 is 26.6 Å². The van der Waals surface area contributed by atoms with Gasteiger partial charge in [0.25, 0.3) is 0 Å². The molecule has 0 saturated heterocycles. The number of nitrogens with one attached hydrogen (secondary N) is 2. The topological polar surface area (TPSA) is 194 Å². The van der Waals surface area contributed by atoms with Crippen LogP contribution in [-0.4, -0.2) is 63.4 Å². The predicted octanol–water partition coefficient (Wildman–Crippen LogP) is 1.46. The number of ether oxygens (including phenoxy) is 1. The van der Waals surface area contributed by atoms with Gasteiger partial charge in [-0.1, -0.05) is 60.7 Å². The molecule has 0 saturated carbocycles. The summed E-state index contributed by atoms with van der Waals surface area (Å²) in [7, 11) is 0. The summed E-state index contributed by atoms with van der Waals surface area (Å²) in [5.41, 5.74) is 12.6. The van der Waals surface area contributed by atoms with Crippen LogP contribution in [0.3, 0.4) is 0 Å². The molecular weight excluding hydrogens is 456 g/mol. The van der Waals surface area contributed by atoms with E-state index in [1.54, 1.807) is 24.3 Å². The zero-order chi connectivity index (χ0) is 23.7. The normalized spacial score (nSPS) is 12.6. The molecule has 0 fully saturated rings. The van der Waals surface area contributed by atoms with E-state index in [0.29, 0.717) is 21.3 Å². The number of carbonyl (C=O) groups excluding carboxylic acids is 2. The highest BCUT2D eigenvalue weighted by Gasteiger charge is 2.32. The van der Waals surface area contributed by atoms with Crippen molar-refractivity contribution in [3.05, 3.63) is 29.8 Å². The molecule has 0 aliphatic carbocycles. The van der Waals surface area contributed by atoms with Crippen molar-refractivity contribution in [2.75, 3.05) is 12.4 Å². The number of carbonyl (C=O) groups is 3. The molecule has 13 heteroatoms. The van der Waals surface area contributed by atoms with Crippen LogP contribution in [0.15, 0.2) is 28.6 Å². The maximum atomic E-state index is 12.4. The Bertz CT molecular complexity index is 965. The fraction of sp³-hybridized carbons (Fsp3) is 0.368. The van der Waals surface area contributed by atoms with Crippen molar-refractivity contribution in [2.45, 2.75) is 36.2 Å². The quantitative estimate of drug-likeness (QED) is 0.128. The summed E-state index contributed by atoms with van der Waals surface area (Å²) in [5, 5.41) is 27.6. The molecule has 1 unspecified atom stereocenters. The van der Waals surface area contributed by atoms with Crippen LogP contribution in [0.2, 0.25) is 0 Å². The molecule has 0 bridgehead atoms. The predicted molar refractivity (Wildman–Crippen MR) is 121 cm³/mol. The largest absolute Gasteiger partial charge is 0.480 e. The van der Waals surface area contributed by atoms with E-state index in [-0.39, 0.29) is 18.2 Å². The van der Waals surface area contributed by atoms with Crippen LogP contribution in [0, 0.1) is 5.41 Å². The second kappa shape index (κ2) is 12.1. The lowest BCUT2D eigenvalue weighted by molar-refractivity contribution is -0.141. The van der Waals surface area contributed by atoms with Gasteiger partial charge in [0, 0.05) is 11.1 Å². The number of unbranched alkanes of at least 4 members (excludes halogenated alkanes) is 1. The fourth-order valence-electron chi connectivity index (χ4n) is 2.38. The first-order valence-electron chi connectivity index (χ1n) is 9.58. The Balaban J connectivity index is 1.93. The molecule has 11 nitrogen and oxygen atoms in total. The van der Waals surface area contributed by atoms with E-state index in [9.17, 15) is 19.5 Å². The smallest absolute Gasteiger partial charge is 0.407 e. The molecule has 1 amide bonds. The molecule has 2 atom stereocenters. The Hall–Kier alpha value is -3.03. The number of thioether (sulfide) groups is 1. The minimum absolute atomic E-state index is 0.0386. The molecule has 2 rings (SSSR count). The van der Waals surface area contributed by atoms with Gasteiger partial charge in [0.2, 0.25) is 0 Å². The average molecular weight is 481 g/mol. The van der Waals surface area contributed by atoms with Gasteiger partial charge in [-0.3, -0.25) is 10.2 Å². The molecule has 32 heavy (non-hydrogen) atoms. The Kier molecular flexibility index (Phi) is 9.56. The van der Waals surface area contributed by atoms with Gasteiger partial charge in [0.1, 0.15) is 10.8 Å². The number of aliphatic carboxylic acids is 1. The molecule has 1 aromatic heterocycles. The number of benzene rings is 1. The van der Waals surface area contributed by atoms with Gasteiger partial charge in [-0.05, 0) is 6.42 Å². The van der Waals surface area contributed by atoms with E-state index < -0.39 is 29.9 Å². The number of amides is 1. The Labute approximate surface area is 192 Å². The summed E-state index contributed by atoms with van der Waals surface area (Å²) in [6.07, 6.45) is 0.505. The molecule has 172 valence electrons. The first-order chi connectivity index (χ1) is 15.2. The number of hydrogen-bond donors (Lipinski definition) is 5. The third-order valence-electron chi connectivity index (χ3n) is 4.19. The van der Waals surface area contributed by atoms with Crippen molar-refractivity contribution < 1.29 is 24.2 Å². The Morgan fingerprint density at radius 2 is 1.97 bits per heavy atom. The maximum absolute atomic E-state index is 12.4. The third kappa shape index (κ3) is 7.28. The van der Waals surface area contributed by atoms with Crippen LogP contribution < -0.4 is 16.8 Å². The lowest BCUT2D eigenvalue weighted by atomic mass is 10.1. The molecule has 1 aromatic carbocycles. The molecule has 1 heterocycles. The number of nitrogens with zero attached hydrogens (tertiary/aromatic N) is 2. The summed E-state index contributed by atoms with van der Waals surface area (Å²) in [6.45, 7) is 2.06. The third-order valence-corrected chi connectivity index (χ3v) is 6.32. The molecule has 0 spiro atoms. The van der Waals surface area contributed by atoms with Crippen molar-refractivity contribution in [1.82, 2.24) is 15.5 Å². The van der Waals surface area contributed by atoms with Crippen LogP contribution in [0.1, 0.15) is 25.3 Å². The number of amidine groups is 1. The number of carboxylic acids is 1. The number of Topliss-reactive ketones (excluding diaryl/α,β-unsaturated/α-hetero) is 1. The van der Waals surface area contributed by atoms with Crippen LogP contribution in [0.25, 0.3) is 10.6 Å². The van der Waals surface area contributed by atoms with E-state index >= 15 is 0 Å². The first kappa shape index (κ1) is 25.2. The molecule has 0 aliphatic rings. The number of hydrogen-bond acceptors (Lipinski definition) is 10. The number of nitrogens with two attached hydrogens (primary N) is 2. The van der Waals surface area contributed by atoms with Crippen LogP contribution in [0.5, 0.6) is 0 Å². The van der Waals surface area contributed by atoms with E-state index in [4.69, 9.17) is 21.6 Å². The van der Waals surface area contributed by atoms with E-state index in [1.165, 1.54) is 11.3 Å². The van der Waals surface area contributed by atoms with Crippen molar-refractivity contribution >= 4 is 46.8 Å². The van der Waals surface area contributed by atoms with Gasteiger partial charge in [-0.25, -0.2) is 9.59 Å². The SMILES string of the molecule is CCCCOC(=O)NC(C(=O)O)[C@H](N)C(=O)CSc1nnc(-c2ccc(C(=N)N)cc2)s1. The summed E-state index contributed by atoms with van der Waals surface area (Å²) < 4.78 is 5.36. The molecule has 0 radical (unpaired) electrons. The summed E-state index contributed by atoms with van der Waals surface area (Å²) in [6, 6.07) is 3.85. The van der Waals surface area contributed by atoms with Gasteiger partial charge >= 0.3 is 12.1 Å². The van der Waals surface area contributed by atoms with Crippen LogP contribution >= 0.6 is 23.1 Å². The van der Waals surface area contributed by atoms with E-state index in [0.717, 1.165) is 23.7 Å². The second-order valence-electron chi connectivity index (χ2n) is 6.59. The standard InChI is InChI=1S/C19H24N6O5S2/c1-2-3-8-30-18(29)23-14(17(27)28)13(20)12(26)9-31-19-25-24-16(32-19)11-6-4-10(5-7-11)15(21)22/h4-7,13-14H,2-3,8-9,20H2,1H3,(H3,21,22)(H,23,29)(H,27,28)/t13-,14?/m1/s1. The summed E-state index contributed by atoms with van der Waals surface area (Å²) >= 11 is 2.32. The molecular formula is C19H24N6O5S2. The summed E-state index contributed by atoms with van der Waals surface area (Å²) in [5.74, 6) is -2.19. The zero-order valence-corrected chi connectivity index (χ0v) is 18.9. The Morgan fingerprint density at radius 3 is 2.56 bits per heavy atom. The fourth-order valence-corrected chi connectivity index (χ4v) is 4.16. The first-order valence-corrected chi connectivity index (χ1v) is 11.4.